The van der Waals surface area contributed by atoms with Crippen molar-refractivity contribution >= 4 is 17.5 Å². The molecule has 1 N–H and O–H groups in total. The number of nitrogens with zero attached hydrogens (tertiary/aromatic N) is 3. The molecule has 2 heterocycles. The standard InChI is InChI=1S/C18H24N4/c1-13-7-10-22(11-8-13)17-6-9-19-18(21-17)20-16-12-14(2)4-5-15(16)3/h4-6,9,12-13H,7-8,10-11H2,1-3H3,(H,19,20,21). The Morgan fingerprint density at radius 2 is 1.91 bits per heavy atom. The van der Waals surface area contributed by atoms with Crippen LogP contribution in [-0.2, 0) is 0 Å². The molecule has 1 aliphatic heterocycles. The number of benzene rings is 1. The molecule has 4 nitrogen and oxygen atoms in total. The van der Waals surface area contributed by atoms with Gasteiger partial charge < -0.3 is 10.2 Å². The van der Waals surface area contributed by atoms with Crippen LogP contribution < -0.4 is 10.2 Å². The van der Waals surface area contributed by atoms with Gasteiger partial charge in [0.25, 0.3) is 0 Å². The lowest BCUT2D eigenvalue weighted by atomic mass is 9.99. The highest BCUT2D eigenvalue weighted by molar-refractivity contribution is 5.60. The second-order valence-corrected chi connectivity index (χ2v) is 6.35. The maximum absolute atomic E-state index is 4.69. The van der Waals surface area contributed by atoms with Crippen molar-refractivity contribution in [2.45, 2.75) is 33.6 Å². The zero-order valence-corrected chi connectivity index (χ0v) is 13.6. The Labute approximate surface area is 132 Å². The highest BCUT2D eigenvalue weighted by atomic mass is 15.2. The average molecular weight is 296 g/mol. The minimum absolute atomic E-state index is 0.671. The molecule has 2 aromatic rings. The van der Waals surface area contributed by atoms with Gasteiger partial charge in [-0.05, 0) is 55.9 Å². The van der Waals surface area contributed by atoms with E-state index in [4.69, 9.17) is 4.98 Å². The van der Waals surface area contributed by atoms with Gasteiger partial charge in [-0.15, -0.1) is 0 Å². The molecule has 0 bridgehead atoms. The van der Waals surface area contributed by atoms with Gasteiger partial charge in [0.05, 0.1) is 0 Å². The Balaban J connectivity index is 1.78. The average Bonchev–Trinajstić information content (AvgIpc) is 2.52. The highest BCUT2D eigenvalue weighted by Crippen LogP contribution is 2.24. The Morgan fingerprint density at radius 1 is 1.14 bits per heavy atom. The van der Waals surface area contributed by atoms with E-state index in [1.54, 1.807) is 0 Å². The van der Waals surface area contributed by atoms with Gasteiger partial charge in [0, 0.05) is 25.0 Å². The van der Waals surface area contributed by atoms with Gasteiger partial charge in [-0.25, -0.2) is 4.98 Å². The molecule has 1 fully saturated rings. The van der Waals surface area contributed by atoms with Gasteiger partial charge >= 0.3 is 0 Å². The summed E-state index contributed by atoms with van der Waals surface area (Å²) in [5.74, 6) is 2.52. The van der Waals surface area contributed by atoms with E-state index in [1.165, 1.54) is 24.0 Å². The number of nitrogens with one attached hydrogen (secondary N) is 1. The minimum atomic E-state index is 0.671. The van der Waals surface area contributed by atoms with E-state index in [-0.39, 0.29) is 0 Å². The zero-order chi connectivity index (χ0) is 15.5. The number of hydrogen-bond donors (Lipinski definition) is 1. The summed E-state index contributed by atoms with van der Waals surface area (Å²) in [6.07, 6.45) is 4.32. The first-order valence-corrected chi connectivity index (χ1v) is 8.04. The minimum Gasteiger partial charge on any atom is -0.356 e. The van der Waals surface area contributed by atoms with Crippen molar-refractivity contribution in [1.82, 2.24) is 9.97 Å². The Kier molecular flexibility index (Phi) is 4.27. The number of aromatic nitrogens is 2. The Bertz CT molecular complexity index is 645. The van der Waals surface area contributed by atoms with Crippen LogP contribution in [-0.4, -0.2) is 23.1 Å². The van der Waals surface area contributed by atoms with Crippen molar-refractivity contribution in [1.29, 1.82) is 0 Å². The van der Waals surface area contributed by atoms with E-state index in [0.717, 1.165) is 30.5 Å². The van der Waals surface area contributed by atoms with Crippen molar-refractivity contribution in [3.8, 4) is 0 Å². The second-order valence-electron chi connectivity index (χ2n) is 6.35. The first-order chi connectivity index (χ1) is 10.6. The molecular formula is C18H24N4. The van der Waals surface area contributed by atoms with Crippen molar-refractivity contribution in [2.24, 2.45) is 5.92 Å². The monoisotopic (exact) mass is 296 g/mol. The lowest BCUT2D eigenvalue weighted by molar-refractivity contribution is 0.436. The van der Waals surface area contributed by atoms with Crippen LogP contribution in [0.1, 0.15) is 30.9 Å². The lowest BCUT2D eigenvalue weighted by Gasteiger charge is -2.31. The fourth-order valence-corrected chi connectivity index (χ4v) is 2.81. The maximum atomic E-state index is 4.69. The van der Waals surface area contributed by atoms with Gasteiger partial charge in [-0.3, -0.25) is 0 Å². The summed E-state index contributed by atoms with van der Waals surface area (Å²) in [5.41, 5.74) is 3.50. The van der Waals surface area contributed by atoms with Gasteiger partial charge in [0.1, 0.15) is 5.82 Å². The predicted octanol–water partition coefficient (Wildman–Crippen LogP) is 4.07. The van der Waals surface area contributed by atoms with Crippen molar-refractivity contribution in [2.75, 3.05) is 23.3 Å². The van der Waals surface area contributed by atoms with E-state index in [1.807, 2.05) is 12.3 Å². The van der Waals surface area contributed by atoms with Crippen LogP contribution in [0.25, 0.3) is 0 Å². The molecule has 0 aliphatic carbocycles. The molecule has 1 aliphatic rings. The summed E-state index contributed by atoms with van der Waals surface area (Å²) in [4.78, 5) is 11.4. The third-order valence-electron chi connectivity index (χ3n) is 4.39. The summed E-state index contributed by atoms with van der Waals surface area (Å²) in [6, 6.07) is 8.37. The van der Waals surface area contributed by atoms with Crippen LogP contribution in [0.5, 0.6) is 0 Å². The SMILES string of the molecule is Cc1ccc(C)c(Nc2nccc(N3CCC(C)CC3)n2)c1. The molecule has 0 spiro atoms. The first kappa shape index (κ1) is 14.8. The van der Waals surface area contributed by atoms with E-state index in [9.17, 15) is 0 Å². The van der Waals surface area contributed by atoms with Crippen molar-refractivity contribution < 1.29 is 0 Å². The van der Waals surface area contributed by atoms with Crippen molar-refractivity contribution in [3.63, 3.8) is 0 Å². The number of rotatable bonds is 3. The summed E-state index contributed by atoms with van der Waals surface area (Å²) in [5, 5.41) is 3.35. The topological polar surface area (TPSA) is 41.1 Å². The summed E-state index contributed by atoms with van der Waals surface area (Å²) >= 11 is 0. The number of hydrogen-bond acceptors (Lipinski definition) is 4. The van der Waals surface area contributed by atoms with Crippen LogP contribution in [0.15, 0.2) is 30.5 Å². The van der Waals surface area contributed by atoms with Crippen LogP contribution in [0, 0.1) is 19.8 Å². The summed E-state index contributed by atoms with van der Waals surface area (Å²) in [6.45, 7) is 8.68. The van der Waals surface area contributed by atoms with Crippen molar-refractivity contribution in [3.05, 3.63) is 41.6 Å². The summed E-state index contributed by atoms with van der Waals surface area (Å²) in [7, 11) is 0. The number of piperidine rings is 1. The molecule has 0 saturated carbocycles. The predicted molar refractivity (Wildman–Crippen MR) is 91.8 cm³/mol. The lowest BCUT2D eigenvalue weighted by Crippen LogP contribution is -2.33. The zero-order valence-electron chi connectivity index (χ0n) is 13.6. The number of aryl methyl sites for hydroxylation is 2. The highest BCUT2D eigenvalue weighted by Gasteiger charge is 2.17. The fourth-order valence-electron chi connectivity index (χ4n) is 2.81. The fraction of sp³-hybridized carbons (Fsp3) is 0.444. The normalized spacial score (nSPS) is 15.9. The van der Waals surface area contributed by atoms with Gasteiger partial charge in [-0.1, -0.05) is 19.1 Å². The third-order valence-corrected chi connectivity index (χ3v) is 4.39. The van der Waals surface area contributed by atoms with E-state index in [0.29, 0.717) is 5.95 Å². The molecule has 1 aromatic heterocycles. The molecule has 4 heteroatoms. The van der Waals surface area contributed by atoms with Crippen LogP contribution in [0.3, 0.4) is 0 Å². The third kappa shape index (κ3) is 3.38. The molecule has 3 rings (SSSR count). The molecule has 116 valence electrons. The van der Waals surface area contributed by atoms with Gasteiger partial charge in [-0.2, -0.15) is 4.98 Å². The van der Waals surface area contributed by atoms with E-state index >= 15 is 0 Å². The largest absolute Gasteiger partial charge is 0.356 e. The molecule has 1 aromatic carbocycles. The smallest absolute Gasteiger partial charge is 0.229 e. The molecule has 1 saturated heterocycles. The first-order valence-electron chi connectivity index (χ1n) is 8.04. The second kappa shape index (κ2) is 6.34. The van der Waals surface area contributed by atoms with E-state index < -0.39 is 0 Å². The van der Waals surface area contributed by atoms with Crippen LogP contribution in [0.4, 0.5) is 17.5 Å². The maximum Gasteiger partial charge on any atom is 0.229 e. The molecule has 0 unspecified atom stereocenters. The van der Waals surface area contributed by atoms with E-state index in [2.05, 4.69) is 54.2 Å². The van der Waals surface area contributed by atoms with Crippen LogP contribution in [0.2, 0.25) is 0 Å². The molecular weight excluding hydrogens is 272 g/mol. The number of anilines is 3. The quantitative estimate of drug-likeness (QED) is 0.927. The Morgan fingerprint density at radius 3 is 2.68 bits per heavy atom. The molecule has 0 atom stereocenters. The Hall–Kier alpha value is -2.10. The summed E-state index contributed by atoms with van der Waals surface area (Å²) < 4.78 is 0. The molecule has 22 heavy (non-hydrogen) atoms. The molecule has 0 radical (unpaired) electrons. The molecule has 0 amide bonds. The van der Waals surface area contributed by atoms with Gasteiger partial charge in [0.2, 0.25) is 5.95 Å². The van der Waals surface area contributed by atoms with Crippen LogP contribution >= 0.6 is 0 Å². The van der Waals surface area contributed by atoms with Gasteiger partial charge in [0.15, 0.2) is 0 Å².